The molecule has 1 amide bonds. The maximum Gasteiger partial charge on any atom is 0.251 e. The van der Waals surface area contributed by atoms with Gasteiger partial charge in [0.2, 0.25) is 0 Å². The van der Waals surface area contributed by atoms with Gasteiger partial charge in [0.05, 0.1) is 6.54 Å². The zero-order chi connectivity index (χ0) is 19.3. The lowest BCUT2D eigenvalue weighted by atomic mass is 10.1. The smallest absolute Gasteiger partial charge is 0.251 e. The first kappa shape index (κ1) is 18.4. The quantitative estimate of drug-likeness (QED) is 0.745. The van der Waals surface area contributed by atoms with Gasteiger partial charge in [0.15, 0.2) is 5.82 Å². The van der Waals surface area contributed by atoms with E-state index in [0.29, 0.717) is 12.1 Å². The predicted octanol–water partition coefficient (Wildman–Crippen LogP) is 2.57. The van der Waals surface area contributed by atoms with Crippen molar-refractivity contribution >= 4 is 5.91 Å². The highest BCUT2D eigenvalue weighted by molar-refractivity contribution is 5.93. The van der Waals surface area contributed by atoms with E-state index in [0.717, 1.165) is 44.2 Å². The Kier molecular flexibility index (Phi) is 5.48. The lowest BCUT2D eigenvalue weighted by Gasteiger charge is -2.20. The summed E-state index contributed by atoms with van der Waals surface area (Å²) >= 11 is 0. The number of nitrogens with zero attached hydrogens (tertiary/aromatic N) is 4. The molecule has 3 aromatic rings. The van der Waals surface area contributed by atoms with Crippen LogP contribution >= 0.6 is 0 Å². The molecule has 6 nitrogen and oxygen atoms in total. The molecule has 144 valence electrons. The second-order valence-corrected chi connectivity index (χ2v) is 7.19. The van der Waals surface area contributed by atoms with Gasteiger partial charge in [-0.05, 0) is 30.2 Å². The van der Waals surface area contributed by atoms with Crippen LogP contribution < -0.4 is 5.32 Å². The molecule has 0 spiro atoms. The van der Waals surface area contributed by atoms with E-state index in [-0.39, 0.29) is 5.91 Å². The van der Waals surface area contributed by atoms with E-state index in [2.05, 4.69) is 56.2 Å². The van der Waals surface area contributed by atoms with Crippen LogP contribution in [-0.2, 0) is 26.1 Å². The van der Waals surface area contributed by atoms with Crippen molar-refractivity contribution in [1.82, 2.24) is 25.0 Å². The number of fused-ring (bicyclic) bond motifs is 1. The van der Waals surface area contributed by atoms with Crippen molar-refractivity contribution < 1.29 is 4.79 Å². The molecule has 1 aliphatic heterocycles. The van der Waals surface area contributed by atoms with Gasteiger partial charge in [-0.2, -0.15) is 0 Å². The van der Waals surface area contributed by atoms with Crippen molar-refractivity contribution in [3.05, 3.63) is 82.9 Å². The number of hydrogen-bond acceptors (Lipinski definition) is 4. The third kappa shape index (κ3) is 4.12. The molecule has 2 aromatic carbocycles. The van der Waals surface area contributed by atoms with Crippen molar-refractivity contribution in [3.63, 3.8) is 0 Å². The Morgan fingerprint density at radius 2 is 1.79 bits per heavy atom. The first-order valence-corrected chi connectivity index (χ1v) is 9.72. The minimum absolute atomic E-state index is 0.0900. The first-order chi connectivity index (χ1) is 13.7. The molecule has 2 heterocycles. The summed E-state index contributed by atoms with van der Waals surface area (Å²) in [6, 6.07) is 17.8. The molecule has 1 aromatic heterocycles. The van der Waals surface area contributed by atoms with Crippen LogP contribution in [-0.4, -0.2) is 38.7 Å². The molecule has 6 heteroatoms. The third-order valence-corrected chi connectivity index (χ3v) is 5.29. The number of aromatic nitrogens is 3. The lowest BCUT2D eigenvalue weighted by Crippen LogP contribution is -2.28. The van der Waals surface area contributed by atoms with E-state index < -0.39 is 0 Å². The molecule has 0 bridgehead atoms. The van der Waals surface area contributed by atoms with Crippen molar-refractivity contribution in [2.24, 2.45) is 0 Å². The summed E-state index contributed by atoms with van der Waals surface area (Å²) in [6.45, 7) is 6.24. The summed E-state index contributed by atoms with van der Waals surface area (Å²) in [6.07, 6.45) is 0.867. The zero-order valence-electron chi connectivity index (χ0n) is 16.1. The average Bonchev–Trinajstić information content (AvgIpc) is 3.01. The Bertz CT molecular complexity index is 951. The Morgan fingerprint density at radius 1 is 1.00 bits per heavy atom. The molecule has 0 atom stereocenters. The Balaban J connectivity index is 1.38. The molecule has 0 saturated heterocycles. The van der Waals surface area contributed by atoms with Gasteiger partial charge in [0.25, 0.3) is 5.91 Å². The lowest BCUT2D eigenvalue weighted by molar-refractivity contribution is 0.0949. The number of aryl methyl sites for hydroxylation is 1. The highest BCUT2D eigenvalue weighted by atomic mass is 16.1. The van der Waals surface area contributed by atoms with Crippen molar-refractivity contribution in [2.75, 3.05) is 13.1 Å². The van der Waals surface area contributed by atoms with E-state index in [4.69, 9.17) is 0 Å². The maximum atomic E-state index is 12.3. The fourth-order valence-electron chi connectivity index (χ4n) is 3.60. The molecular formula is C22H25N5O. The highest BCUT2D eigenvalue weighted by Crippen LogP contribution is 2.15. The van der Waals surface area contributed by atoms with Crippen LogP contribution in [0.15, 0.2) is 54.6 Å². The van der Waals surface area contributed by atoms with E-state index in [1.165, 1.54) is 11.1 Å². The Labute approximate surface area is 165 Å². The van der Waals surface area contributed by atoms with Crippen LogP contribution in [0.4, 0.5) is 0 Å². The zero-order valence-corrected chi connectivity index (χ0v) is 16.1. The molecule has 0 unspecified atom stereocenters. The topological polar surface area (TPSA) is 63.1 Å². The van der Waals surface area contributed by atoms with Crippen molar-refractivity contribution in [2.45, 2.75) is 33.0 Å². The Hall–Kier alpha value is -2.99. The Morgan fingerprint density at radius 3 is 2.61 bits per heavy atom. The molecule has 1 N–H and O–H groups in total. The molecule has 4 rings (SSSR count). The molecule has 28 heavy (non-hydrogen) atoms. The number of nitrogens with one attached hydrogen (secondary N) is 1. The molecular weight excluding hydrogens is 350 g/mol. The van der Waals surface area contributed by atoms with Gasteiger partial charge in [-0.15, -0.1) is 10.2 Å². The van der Waals surface area contributed by atoms with E-state index in [1.54, 1.807) is 0 Å². The summed E-state index contributed by atoms with van der Waals surface area (Å²) in [7, 11) is 0. The van der Waals surface area contributed by atoms with Crippen molar-refractivity contribution in [1.29, 1.82) is 0 Å². The van der Waals surface area contributed by atoms with Crippen LogP contribution in [0.3, 0.4) is 0 Å². The average molecular weight is 375 g/mol. The fourth-order valence-corrected chi connectivity index (χ4v) is 3.60. The first-order valence-electron chi connectivity index (χ1n) is 9.72. The molecule has 0 aliphatic carbocycles. The van der Waals surface area contributed by atoms with Gasteiger partial charge >= 0.3 is 0 Å². The number of amides is 1. The van der Waals surface area contributed by atoms with E-state index in [1.807, 2.05) is 30.3 Å². The largest absolute Gasteiger partial charge is 0.345 e. The van der Waals surface area contributed by atoms with Crippen molar-refractivity contribution in [3.8, 4) is 0 Å². The third-order valence-electron chi connectivity index (χ3n) is 5.29. The van der Waals surface area contributed by atoms with Gasteiger partial charge in [-0.3, -0.25) is 9.69 Å². The van der Waals surface area contributed by atoms with Crippen LogP contribution in [0.25, 0.3) is 0 Å². The monoisotopic (exact) mass is 375 g/mol. The summed E-state index contributed by atoms with van der Waals surface area (Å²) in [5, 5.41) is 11.6. The molecule has 0 fully saturated rings. The van der Waals surface area contributed by atoms with Gasteiger partial charge in [0, 0.05) is 38.2 Å². The second kappa shape index (κ2) is 8.35. The van der Waals surface area contributed by atoms with Crippen LogP contribution in [0, 0.1) is 6.92 Å². The molecule has 0 radical (unpaired) electrons. The highest BCUT2D eigenvalue weighted by Gasteiger charge is 2.19. The maximum absolute atomic E-state index is 12.3. The molecule has 0 saturated carbocycles. The summed E-state index contributed by atoms with van der Waals surface area (Å²) in [5.74, 6) is 1.72. The van der Waals surface area contributed by atoms with Crippen LogP contribution in [0.5, 0.6) is 0 Å². The second-order valence-electron chi connectivity index (χ2n) is 7.19. The van der Waals surface area contributed by atoms with Gasteiger partial charge in [-0.25, -0.2) is 0 Å². The van der Waals surface area contributed by atoms with Gasteiger partial charge in [-0.1, -0.05) is 42.5 Å². The standard InChI is InChI=1S/C22H25N5O/c1-17-7-5-6-10-19(17)16-26-12-11-20-24-25-21(27(20)14-13-26)15-23-22(28)18-8-3-2-4-9-18/h2-10H,11-16H2,1H3,(H,23,28). The van der Waals surface area contributed by atoms with Crippen LogP contribution in [0.1, 0.15) is 33.1 Å². The van der Waals surface area contributed by atoms with E-state index in [9.17, 15) is 4.79 Å². The van der Waals surface area contributed by atoms with Gasteiger partial charge < -0.3 is 9.88 Å². The fraction of sp³-hybridized carbons (Fsp3) is 0.318. The number of carbonyl (C=O) groups is 1. The number of hydrogen-bond donors (Lipinski definition) is 1. The number of carbonyl (C=O) groups excluding carboxylic acids is 1. The summed E-state index contributed by atoms with van der Waals surface area (Å²) in [5.41, 5.74) is 3.36. The summed E-state index contributed by atoms with van der Waals surface area (Å²) in [4.78, 5) is 14.7. The van der Waals surface area contributed by atoms with E-state index >= 15 is 0 Å². The SMILES string of the molecule is Cc1ccccc1CN1CCc2nnc(CNC(=O)c3ccccc3)n2CC1. The normalized spacial score (nSPS) is 14.3. The number of rotatable bonds is 5. The summed E-state index contributed by atoms with van der Waals surface area (Å²) < 4.78 is 2.16. The van der Waals surface area contributed by atoms with Gasteiger partial charge in [0.1, 0.15) is 5.82 Å². The van der Waals surface area contributed by atoms with Crippen LogP contribution in [0.2, 0.25) is 0 Å². The predicted molar refractivity (Wildman–Crippen MR) is 108 cm³/mol. The number of benzene rings is 2. The minimum atomic E-state index is -0.0900. The molecule has 1 aliphatic rings. The minimum Gasteiger partial charge on any atom is -0.345 e.